The molecule has 1 aliphatic rings. The Labute approximate surface area is 205 Å². The summed E-state index contributed by atoms with van der Waals surface area (Å²) in [4.78, 5) is 51.4. The van der Waals surface area contributed by atoms with Crippen molar-refractivity contribution in [3.8, 4) is 0 Å². The highest BCUT2D eigenvalue weighted by Crippen LogP contribution is 2.14. The fourth-order valence-electron chi connectivity index (χ4n) is 3.65. The molecule has 1 unspecified atom stereocenters. The third kappa shape index (κ3) is 8.22. The third-order valence-electron chi connectivity index (χ3n) is 5.43. The first-order chi connectivity index (χ1) is 16.8. The van der Waals surface area contributed by atoms with Crippen LogP contribution in [0.3, 0.4) is 0 Å². The molecular weight excluding hydrogens is 448 g/mol. The molecule has 0 spiro atoms. The molecule has 1 atom stereocenters. The summed E-state index contributed by atoms with van der Waals surface area (Å²) in [5.41, 5.74) is 1.87. The van der Waals surface area contributed by atoms with Crippen LogP contribution in [0.4, 0.5) is 5.69 Å². The molecule has 1 fully saturated rings. The van der Waals surface area contributed by atoms with E-state index in [4.69, 9.17) is 4.74 Å². The summed E-state index contributed by atoms with van der Waals surface area (Å²) >= 11 is 0. The molecule has 3 N–H and O–H groups in total. The van der Waals surface area contributed by atoms with E-state index in [2.05, 4.69) is 16.0 Å². The quantitative estimate of drug-likeness (QED) is 0.448. The lowest BCUT2D eigenvalue weighted by Crippen LogP contribution is -2.57. The largest absolute Gasteiger partial charge is 0.465 e. The molecule has 0 saturated carbocycles. The van der Waals surface area contributed by atoms with Gasteiger partial charge in [0, 0.05) is 30.9 Å². The van der Waals surface area contributed by atoms with Crippen molar-refractivity contribution in [2.24, 2.45) is 5.92 Å². The van der Waals surface area contributed by atoms with E-state index < -0.39 is 12.0 Å². The molecule has 0 aliphatic carbocycles. The molecule has 0 aromatic heterocycles. The zero-order valence-electron chi connectivity index (χ0n) is 20.1. The standard InChI is InChI=1S/C26H32N4O5/c1-18(2)17-35-24(32)14-22-26(34)27-11-12-30(22)16-23(31)29-21-10-6-9-20(13-21)25(33)28-15-19-7-4-3-5-8-19/h3-10,13,18,22H,11-12,14-17H2,1-2H3,(H,27,34)(H,28,33)(H,29,31). The minimum atomic E-state index is -0.774. The Morgan fingerprint density at radius 1 is 1.11 bits per heavy atom. The van der Waals surface area contributed by atoms with Crippen LogP contribution in [0.2, 0.25) is 0 Å². The van der Waals surface area contributed by atoms with Crippen LogP contribution in [0.25, 0.3) is 0 Å². The Bertz CT molecular complexity index is 1040. The van der Waals surface area contributed by atoms with Crippen molar-refractivity contribution in [2.45, 2.75) is 32.9 Å². The highest BCUT2D eigenvalue weighted by Gasteiger charge is 2.33. The Morgan fingerprint density at radius 2 is 1.89 bits per heavy atom. The SMILES string of the molecule is CC(C)COC(=O)CC1C(=O)NCCN1CC(=O)Nc1cccc(C(=O)NCc2ccccc2)c1. The highest BCUT2D eigenvalue weighted by atomic mass is 16.5. The average molecular weight is 481 g/mol. The zero-order chi connectivity index (χ0) is 25.2. The third-order valence-corrected chi connectivity index (χ3v) is 5.43. The second-order valence-electron chi connectivity index (χ2n) is 8.86. The van der Waals surface area contributed by atoms with Crippen LogP contribution in [-0.2, 0) is 25.7 Å². The molecule has 2 aromatic rings. The summed E-state index contributed by atoms with van der Waals surface area (Å²) in [6, 6.07) is 15.4. The van der Waals surface area contributed by atoms with Gasteiger partial charge in [-0.05, 0) is 29.7 Å². The Morgan fingerprint density at radius 3 is 2.63 bits per heavy atom. The van der Waals surface area contributed by atoms with Gasteiger partial charge in [-0.15, -0.1) is 0 Å². The predicted octanol–water partition coefficient (Wildman–Crippen LogP) is 1.94. The maximum absolute atomic E-state index is 12.7. The Balaban J connectivity index is 1.56. The van der Waals surface area contributed by atoms with Gasteiger partial charge in [0.2, 0.25) is 11.8 Å². The molecule has 9 heteroatoms. The van der Waals surface area contributed by atoms with Gasteiger partial charge in [0.25, 0.3) is 5.91 Å². The van der Waals surface area contributed by atoms with Crippen LogP contribution < -0.4 is 16.0 Å². The first kappa shape index (κ1) is 25.9. The van der Waals surface area contributed by atoms with Crippen LogP contribution in [0, 0.1) is 5.92 Å². The molecule has 186 valence electrons. The number of amides is 3. The van der Waals surface area contributed by atoms with Crippen molar-refractivity contribution in [3.63, 3.8) is 0 Å². The summed E-state index contributed by atoms with van der Waals surface area (Å²) in [6.07, 6.45) is -0.122. The highest BCUT2D eigenvalue weighted by molar-refractivity contribution is 5.98. The van der Waals surface area contributed by atoms with E-state index in [-0.39, 0.29) is 43.2 Å². The second-order valence-corrected chi connectivity index (χ2v) is 8.86. The van der Waals surface area contributed by atoms with E-state index in [9.17, 15) is 19.2 Å². The van der Waals surface area contributed by atoms with Crippen LogP contribution in [0.5, 0.6) is 0 Å². The van der Waals surface area contributed by atoms with Gasteiger partial charge < -0.3 is 20.7 Å². The molecule has 0 radical (unpaired) electrons. The molecule has 35 heavy (non-hydrogen) atoms. The van der Waals surface area contributed by atoms with Crippen LogP contribution in [0.15, 0.2) is 54.6 Å². The fraction of sp³-hybridized carbons (Fsp3) is 0.385. The van der Waals surface area contributed by atoms with Crippen molar-refractivity contribution in [1.29, 1.82) is 0 Å². The molecule has 1 heterocycles. The molecular formula is C26H32N4O5. The number of ether oxygens (including phenoxy) is 1. The molecule has 2 aromatic carbocycles. The molecule has 0 bridgehead atoms. The molecule has 3 amide bonds. The van der Waals surface area contributed by atoms with Gasteiger partial charge in [0.15, 0.2) is 0 Å². The van der Waals surface area contributed by atoms with E-state index in [1.54, 1.807) is 29.2 Å². The Kier molecular flexibility index (Phi) is 9.37. The number of piperazine rings is 1. The lowest BCUT2D eigenvalue weighted by atomic mass is 10.1. The summed E-state index contributed by atoms with van der Waals surface area (Å²) in [6.45, 7) is 5.29. The molecule has 9 nitrogen and oxygen atoms in total. The molecule has 1 aliphatic heterocycles. The molecule has 3 rings (SSSR count). The number of esters is 1. The lowest BCUT2D eigenvalue weighted by Gasteiger charge is -2.33. The van der Waals surface area contributed by atoms with Gasteiger partial charge in [-0.25, -0.2) is 0 Å². The normalized spacial score (nSPS) is 15.9. The number of hydrogen-bond acceptors (Lipinski definition) is 6. The van der Waals surface area contributed by atoms with Crippen LogP contribution in [-0.4, -0.2) is 60.9 Å². The van der Waals surface area contributed by atoms with Gasteiger partial charge in [0.05, 0.1) is 19.6 Å². The fourth-order valence-corrected chi connectivity index (χ4v) is 3.65. The molecule has 1 saturated heterocycles. The lowest BCUT2D eigenvalue weighted by molar-refractivity contribution is -0.149. The number of benzene rings is 2. The number of nitrogens with one attached hydrogen (secondary N) is 3. The van der Waals surface area contributed by atoms with Gasteiger partial charge >= 0.3 is 5.97 Å². The van der Waals surface area contributed by atoms with Crippen LogP contribution >= 0.6 is 0 Å². The van der Waals surface area contributed by atoms with Crippen molar-refractivity contribution in [3.05, 3.63) is 65.7 Å². The minimum Gasteiger partial charge on any atom is -0.465 e. The van der Waals surface area contributed by atoms with Gasteiger partial charge in [-0.3, -0.25) is 24.1 Å². The predicted molar refractivity (Wildman–Crippen MR) is 131 cm³/mol. The van der Waals surface area contributed by atoms with Crippen molar-refractivity contribution >= 4 is 29.4 Å². The second kappa shape index (κ2) is 12.7. The van der Waals surface area contributed by atoms with Crippen molar-refractivity contribution in [1.82, 2.24) is 15.5 Å². The maximum Gasteiger partial charge on any atom is 0.307 e. The van der Waals surface area contributed by atoms with E-state index in [1.807, 2.05) is 44.2 Å². The number of rotatable bonds is 10. The number of nitrogens with zero attached hydrogens (tertiary/aromatic N) is 1. The van der Waals surface area contributed by atoms with E-state index in [1.165, 1.54) is 0 Å². The summed E-state index contributed by atoms with van der Waals surface area (Å²) in [5, 5.41) is 8.37. The van der Waals surface area contributed by atoms with Crippen molar-refractivity contribution < 1.29 is 23.9 Å². The zero-order valence-corrected chi connectivity index (χ0v) is 20.1. The minimum absolute atomic E-state index is 0.0695. The van der Waals surface area contributed by atoms with Gasteiger partial charge in [-0.1, -0.05) is 50.2 Å². The monoisotopic (exact) mass is 480 g/mol. The van der Waals surface area contributed by atoms with Gasteiger partial charge in [-0.2, -0.15) is 0 Å². The van der Waals surface area contributed by atoms with E-state index in [0.29, 0.717) is 30.9 Å². The average Bonchev–Trinajstić information content (AvgIpc) is 2.84. The first-order valence-electron chi connectivity index (χ1n) is 11.7. The summed E-state index contributed by atoms with van der Waals surface area (Å²) in [5.74, 6) is -1.18. The summed E-state index contributed by atoms with van der Waals surface area (Å²) in [7, 11) is 0. The maximum atomic E-state index is 12.7. The summed E-state index contributed by atoms with van der Waals surface area (Å²) < 4.78 is 5.20. The smallest absolute Gasteiger partial charge is 0.307 e. The number of anilines is 1. The van der Waals surface area contributed by atoms with Crippen LogP contribution in [0.1, 0.15) is 36.2 Å². The topological polar surface area (TPSA) is 117 Å². The Hall–Kier alpha value is -3.72. The van der Waals surface area contributed by atoms with Gasteiger partial charge in [0.1, 0.15) is 6.04 Å². The number of hydrogen-bond donors (Lipinski definition) is 3. The van der Waals surface area contributed by atoms with Crippen molar-refractivity contribution in [2.75, 3.05) is 31.6 Å². The first-order valence-corrected chi connectivity index (χ1v) is 11.7. The number of carbonyl (C=O) groups is 4. The van der Waals surface area contributed by atoms with E-state index >= 15 is 0 Å². The van der Waals surface area contributed by atoms with E-state index in [0.717, 1.165) is 5.56 Å². The number of carbonyl (C=O) groups excluding carboxylic acids is 4.